The lowest BCUT2D eigenvalue weighted by Crippen LogP contribution is -2.14. The third-order valence-corrected chi connectivity index (χ3v) is 2.04. The van der Waals surface area contributed by atoms with Crippen molar-refractivity contribution in [1.82, 2.24) is 5.32 Å². The Kier molecular flexibility index (Phi) is 7.27. The highest BCUT2D eigenvalue weighted by Crippen LogP contribution is 2.19. The zero-order valence-corrected chi connectivity index (χ0v) is 10.6. The van der Waals surface area contributed by atoms with Crippen molar-refractivity contribution in [2.45, 2.75) is 33.6 Å². The number of rotatable bonds is 7. The number of amides is 1. The molecule has 0 fully saturated rings. The lowest BCUT2D eigenvalue weighted by Gasteiger charge is -2.14. The molecular weight excluding hydrogens is 198 g/mol. The Labute approximate surface area is 99.1 Å². The van der Waals surface area contributed by atoms with E-state index in [-0.39, 0.29) is 0 Å². The molecular formula is C14H23NO. The second kappa shape index (κ2) is 7.91. The van der Waals surface area contributed by atoms with Crippen LogP contribution in [0.5, 0.6) is 0 Å². The van der Waals surface area contributed by atoms with Crippen LogP contribution in [-0.2, 0) is 4.79 Å². The van der Waals surface area contributed by atoms with E-state index in [1.54, 1.807) is 6.08 Å². The van der Waals surface area contributed by atoms with Gasteiger partial charge in [0.05, 0.1) is 0 Å². The highest BCUT2D eigenvalue weighted by Gasteiger charge is 2.06. The van der Waals surface area contributed by atoms with Crippen molar-refractivity contribution in [2.24, 2.45) is 5.41 Å². The highest BCUT2D eigenvalue weighted by molar-refractivity contribution is 5.46. The second-order valence-electron chi connectivity index (χ2n) is 5.00. The van der Waals surface area contributed by atoms with Crippen molar-refractivity contribution in [3.05, 3.63) is 36.5 Å². The first kappa shape index (κ1) is 14.7. The van der Waals surface area contributed by atoms with Gasteiger partial charge in [-0.1, -0.05) is 51.7 Å². The molecule has 1 N–H and O–H groups in total. The van der Waals surface area contributed by atoms with E-state index in [4.69, 9.17) is 0 Å². The summed E-state index contributed by atoms with van der Waals surface area (Å²) in [4.78, 5) is 10.2. The average Bonchev–Trinajstić information content (AvgIpc) is 2.19. The Balaban J connectivity index is 4.06. The SMILES string of the molecule is C=C/C=C(\C/C=C\CC(C)(C)C)CNC=O. The summed E-state index contributed by atoms with van der Waals surface area (Å²) >= 11 is 0. The van der Waals surface area contributed by atoms with E-state index in [1.165, 1.54) is 0 Å². The third-order valence-electron chi connectivity index (χ3n) is 2.04. The zero-order chi connectivity index (χ0) is 12.4. The molecule has 0 aliphatic carbocycles. The van der Waals surface area contributed by atoms with Crippen LogP contribution < -0.4 is 5.32 Å². The predicted octanol–water partition coefficient (Wildman–Crippen LogP) is 3.23. The van der Waals surface area contributed by atoms with Gasteiger partial charge in [-0.05, 0) is 23.8 Å². The molecule has 2 nitrogen and oxygen atoms in total. The van der Waals surface area contributed by atoms with Gasteiger partial charge in [-0.15, -0.1) is 0 Å². The van der Waals surface area contributed by atoms with Crippen LogP contribution >= 0.6 is 0 Å². The molecule has 0 atom stereocenters. The predicted molar refractivity (Wildman–Crippen MR) is 70.2 cm³/mol. The van der Waals surface area contributed by atoms with Gasteiger partial charge in [0.15, 0.2) is 0 Å². The fraction of sp³-hybridized carbons (Fsp3) is 0.500. The normalized spacial score (nSPS) is 12.8. The Morgan fingerprint density at radius 3 is 2.50 bits per heavy atom. The minimum Gasteiger partial charge on any atom is -0.355 e. The van der Waals surface area contributed by atoms with Crippen LogP contribution in [0.1, 0.15) is 33.6 Å². The molecule has 90 valence electrons. The van der Waals surface area contributed by atoms with Crippen molar-refractivity contribution in [3.63, 3.8) is 0 Å². The Morgan fingerprint density at radius 1 is 1.31 bits per heavy atom. The lowest BCUT2D eigenvalue weighted by molar-refractivity contribution is -0.109. The van der Waals surface area contributed by atoms with E-state index in [1.807, 2.05) is 6.08 Å². The van der Waals surface area contributed by atoms with Crippen molar-refractivity contribution in [3.8, 4) is 0 Å². The molecule has 0 saturated heterocycles. The molecule has 1 amide bonds. The molecule has 0 aromatic heterocycles. The number of nitrogens with one attached hydrogen (secondary N) is 1. The number of allylic oxidation sites excluding steroid dienone is 4. The van der Waals surface area contributed by atoms with Crippen LogP contribution in [0.4, 0.5) is 0 Å². The van der Waals surface area contributed by atoms with Gasteiger partial charge in [-0.2, -0.15) is 0 Å². The molecule has 0 heterocycles. The summed E-state index contributed by atoms with van der Waals surface area (Å²) in [7, 11) is 0. The summed E-state index contributed by atoms with van der Waals surface area (Å²) in [5.74, 6) is 0. The van der Waals surface area contributed by atoms with E-state index in [9.17, 15) is 4.79 Å². The molecule has 0 rings (SSSR count). The van der Waals surface area contributed by atoms with E-state index >= 15 is 0 Å². The van der Waals surface area contributed by atoms with Gasteiger partial charge in [-0.25, -0.2) is 0 Å². The smallest absolute Gasteiger partial charge is 0.207 e. The molecule has 0 bridgehead atoms. The van der Waals surface area contributed by atoms with E-state index in [2.05, 4.69) is 44.8 Å². The molecule has 0 aliphatic rings. The van der Waals surface area contributed by atoms with Gasteiger partial charge in [0, 0.05) is 6.54 Å². The van der Waals surface area contributed by atoms with Crippen LogP contribution in [0.15, 0.2) is 36.5 Å². The number of hydrogen-bond acceptors (Lipinski definition) is 1. The fourth-order valence-electron chi connectivity index (χ4n) is 1.21. The molecule has 0 unspecified atom stereocenters. The molecule has 0 aromatic carbocycles. The highest BCUT2D eigenvalue weighted by atomic mass is 16.1. The van der Waals surface area contributed by atoms with Crippen LogP contribution in [0.3, 0.4) is 0 Å². The van der Waals surface area contributed by atoms with Crippen LogP contribution in [-0.4, -0.2) is 13.0 Å². The maximum Gasteiger partial charge on any atom is 0.207 e. The molecule has 2 heteroatoms. The zero-order valence-electron chi connectivity index (χ0n) is 10.6. The summed E-state index contributed by atoms with van der Waals surface area (Å²) in [5.41, 5.74) is 1.49. The van der Waals surface area contributed by atoms with Crippen molar-refractivity contribution in [2.75, 3.05) is 6.54 Å². The van der Waals surface area contributed by atoms with Gasteiger partial charge in [0.25, 0.3) is 0 Å². The second-order valence-corrected chi connectivity index (χ2v) is 5.00. The molecule has 0 radical (unpaired) electrons. The Bertz CT molecular complexity index is 269. The first-order valence-corrected chi connectivity index (χ1v) is 5.62. The van der Waals surface area contributed by atoms with E-state index in [0.717, 1.165) is 24.8 Å². The fourth-order valence-corrected chi connectivity index (χ4v) is 1.21. The molecule has 0 spiro atoms. The third kappa shape index (κ3) is 9.25. The van der Waals surface area contributed by atoms with Crippen molar-refractivity contribution < 1.29 is 4.79 Å². The van der Waals surface area contributed by atoms with Gasteiger partial charge >= 0.3 is 0 Å². The van der Waals surface area contributed by atoms with Gasteiger partial charge in [-0.3, -0.25) is 4.79 Å². The van der Waals surface area contributed by atoms with Crippen LogP contribution in [0, 0.1) is 5.41 Å². The Hall–Kier alpha value is -1.31. The Morgan fingerprint density at radius 2 is 2.00 bits per heavy atom. The molecule has 0 saturated carbocycles. The largest absolute Gasteiger partial charge is 0.355 e. The number of carbonyl (C=O) groups excluding carboxylic acids is 1. The maximum atomic E-state index is 10.2. The summed E-state index contributed by atoms with van der Waals surface area (Å²) in [6.07, 6.45) is 10.7. The quantitative estimate of drug-likeness (QED) is 0.399. The summed E-state index contributed by atoms with van der Waals surface area (Å²) in [6.45, 7) is 10.9. The summed E-state index contributed by atoms with van der Waals surface area (Å²) in [5, 5.41) is 2.66. The van der Waals surface area contributed by atoms with Crippen LogP contribution in [0.25, 0.3) is 0 Å². The van der Waals surface area contributed by atoms with Gasteiger partial charge < -0.3 is 5.32 Å². The van der Waals surface area contributed by atoms with Crippen molar-refractivity contribution >= 4 is 6.41 Å². The lowest BCUT2D eigenvalue weighted by atomic mass is 9.92. The number of carbonyl (C=O) groups is 1. The van der Waals surface area contributed by atoms with Gasteiger partial charge in [0.2, 0.25) is 6.41 Å². The molecule has 0 aliphatic heterocycles. The minimum absolute atomic E-state index is 0.333. The first-order chi connectivity index (χ1) is 7.49. The van der Waals surface area contributed by atoms with Crippen molar-refractivity contribution in [1.29, 1.82) is 0 Å². The van der Waals surface area contributed by atoms with Crippen LogP contribution in [0.2, 0.25) is 0 Å². The van der Waals surface area contributed by atoms with E-state index < -0.39 is 0 Å². The molecule has 16 heavy (non-hydrogen) atoms. The topological polar surface area (TPSA) is 29.1 Å². The first-order valence-electron chi connectivity index (χ1n) is 5.62. The molecule has 0 aromatic rings. The monoisotopic (exact) mass is 221 g/mol. The summed E-state index contributed by atoms with van der Waals surface area (Å²) < 4.78 is 0. The standard InChI is InChI=1S/C14H23NO/c1-5-8-13(11-15-12-16)9-6-7-10-14(2,3)4/h5-8,12H,1,9-11H2,2-4H3,(H,15,16)/b7-6-,13-8+. The van der Waals surface area contributed by atoms with E-state index in [0.29, 0.717) is 12.0 Å². The maximum absolute atomic E-state index is 10.2. The summed E-state index contributed by atoms with van der Waals surface area (Å²) in [6, 6.07) is 0. The van der Waals surface area contributed by atoms with Gasteiger partial charge in [0.1, 0.15) is 0 Å². The average molecular weight is 221 g/mol. The minimum atomic E-state index is 0.333. The number of hydrogen-bond donors (Lipinski definition) is 1.